The topological polar surface area (TPSA) is 64.4 Å². The molecule has 0 aliphatic carbocycles. The van der Waals surface area contributed by atoms with Gasteiger partial charge in [0.25, 0.3) is 0 Å². The van der Waals surface area contributed by atoms with E-state index < -0.39 is 10.0 Å². The zero-order valence-corrected chi connectivity index (χ0v) is 22.3. The predicted octanol–water partition coefficient (Wildman–Crippen LogP) is 5.62. The van der Waals surface area contributed by atoms with Crippen LogP contribution in [0.2, 0.25) is 0 Å². The van der Waals surface area contributed by atoms with Crippen LogP contribution in [0.15, 0.2) is 46.5 Å². The zero-order chi connectivity index (χ0) is 25.0. The molecule has 0 N–H and O–H groups in total. The van der Waals surface area contributed by atoms with Crippen molar-refractivity contribution in [1.29, 1.82) is 0 Å². The minimum Gasteiger partial charge on any atom is -0.382 e. The molecular weight excluding hydrogens is 485 g/mol. The van der Waals surface area contributed by atoms with Crippen LogP contribution in [0.4, 0.5) is 4.39 Å². The lowest BCUT2D eigenvalue weighted by Crippen LogP contribution is -2.39. The van der Waals surface area contributed by atoms with Gasteiger partial charge < -0.3 is 9.30 Å². The monoisotopic (exact) mass is 519 g/mol. The fourth-order valence-electron chi connectivity index (χ4n) is 4.49. The summed E-state index contributed by atoms with van der Waals surface area (Å²) in [5, 5.41) is 0.793. The number of sulfonamides is 1. The number of hydrogen-bond donors (Lipinski definition) is 0. The van der Waals surface area contributed by atoms with Gasteiger partial charge in [-0.3, -0.25) is 0 Å². The average molecular weight is 520 g/mol. The molecule has 190 valence electrons. The van der Waals surface area contributed by atoms with Crippen LogP contribution >= 0.6 is 11.8 Å². The van der Waals surface area contributed by atoms with Gasteiger partial charge in [0.1, 0.15) is 5.82 Å². The first kappa shape index (κ1) is 26.1. The van der Waals surface area contributed by atoms with Gasteiger partial charge in [-0.25, -0.2) is 17.8 Å². The lowest BCUT2D eigenvalue weighted by atomic mass is 10.0. The first-order valence-corrected chi connectivity index (χ1v) is 14.7. The van der Waals surface area contributed by atoms with E-state index in [1.807, 2.05) is 19.9 Å². The summed E-state index contributed by atoms with van der Waals surface area (Å²) in [4.78, 5) is 5.11. The van der Waals surface area contributed by atoms with Gasteiger partial charge >= 0.3 is 0 Å². The molecule has 1 saturated heterocycles. The summed E-state index contributed by atoms with van der Waals surface area (Å²) in [6, 6.07) is 10.1. The molecule has 0 saturated carbocycles. The van der Waals surface area contributed by atoms with Crippen LogP contribution in [0, 0.1) is 18.7 Å². The van der Waals surface area contributed by atoms with Crippen molar-refractivity contribution in [2.45, 2.75) is 62.4 Å². The van der Waals surface area contributed by atoms with Crippen molar-refractivity contribution in [3.63, 3.8) is 0 Å². The van der Waals surface area contributed by atoms with Crippen molar-refractivity contribution in [2.24, 2.45) is 5.92 Å². The van der Waals surface area contributed by atoms with E-state index in [9.17, 15) is 12.8 Å². The average Bonchev–Trinajstić information content (AvgIpc) is 3.19. The summed E-state index contributed by atoms with van der Waals surface area (Å²) in [5.41, 5.74) is 3.50. The summed E-state index contributed by atoms with van der Waals surface area (Å²) in [6.07, 6.45) is 2.76. The van der Waals surface area contributed by atoms with Crippen LogP contribution in [-0.2, 0) is 27.1 Å². The van der Waals surface area contributed by atoms with Crippen LogP contribution < -0.4 is 0 Å². The second-order valence-corrected chi connectivity index (χ2v) is 12.1. The molecule has 35 heavy (non-hydrogen) atoms. The minimum absolute atomic E-state index is 0.252. The van der Waals surface area contributed by atoms with Crippen LogP contribution in [0.1, 0.15) is 44.2 Å². The highest BCUT2D eigenvalue weighted by Gasteiger charge is 2.29. The molecular formula is C26H34FN3O3S2. The van der Waals surface area contributed by atoms with E-state index in [1.165, 1.54) is 17.8 Å². The lowest BCUT2D eigenvalue weighted by Gasteiger charge is -2.30. The fourth-order valence-corrected chi connectivity index (χ4v) is 7.22. The van der Waals surface area contributed by atoms with Gasteiger partial charge in [0, 0.05) is 38.6 Å². The number of nitrogens with zero attached hydrogens (tertiary/aromatic N) is 3. The standard InChI is InChI=1S/C26H34FN3O3S2/c1-4-33-14-6-13-30-25-11-10-23(35(31,32)29-12-5-7-19(2)17-29)16-24(25)28-26(30)34-18-21-15-22(27)9-8-20(21)3/h8-11,15-16,19H,4-7,12-14,17-18H2,1-3H3. The highest BCUT2D eigenvalue weighted by Crippen LogP contribution is 2.31. The third-order valence-corrected chi connectivity index (χ3v) is 9.37. The molecule has 1 aromatic heterocycles. The van der Waals surface area contributed by atoms with E-state index >= 15 is 0 Å². The number of hydrogen-bond acceptors (Lipinski definition) is 5. The molecule has 9 heteroatoms. The number of ether oxygens (including phenoxy) is 1. The van der Waals surface area contributed by atoms with E-state index in [2.05, 4.69) is 11.5 Å². The maximum Gasteiger partial charge on any atom is 0.243 e. The molecule has 1 fully saturated rings. The Morgan fingerprint density at radius 3 is 2.83 bits per heavy atom. The third kappa shape index (κ3) is 6.07. The number of thioether (sulfide) groups is 1. The maximum atomic E-state index is 13.8. The molecule has 4 rings (SSSR count). The lowest BCUT2D eigenvalue weighted by molar-refractivity contribution is 0.141. The summed E-state index contributed by atoms with van der Waals surface area (Å²) < 4.78 is 49.7. The Kier molecular flexibility index (Phi) is 8.52. The Bertz CT molecular complexity index is 1280. The molecule has 3 aromatic rings. The number of halogens is 1. The Labute approximate surface area is 211 Å². The number of aryl methyl sites for hydroxylation is 2. The van der Waals surface area contributed by atoms with Gasteiger partial charge in [0.15, 0.2) is 5.16 Å². The van der Waals surface area contributed by atoms with Crippen molar-refractivity contribution < 1.29 is 17.5 Å². The van der Waals surface area contributed by atoms with Crippen molar-refractivity contribution in [1.82, 2.24) is 13.9 Å². The Hall–Kier alpha value is -1.94. The Morgan fingerprint density at radius 2 is 2.06 bits per heavy atom. The number of rotatable bonds is 10. The van der Waals surface area contributed by atoms with E-state index in [1.54, 1.807) is 28.6 Å². The molecule has 1 unspecified atom stereocenters. The van der Waals surface area contributed by atoms with E-state index in [4.69, 9.17) is 9.72 Å². The van der Waals surface area contributed by atoms with Gasteiger partial charge in [0.05, 0.1) is 15.9 Å². The molecule has 1 aliphatic heterocycles. The smallest absolute Gasteiger partial charge is 0.243 e. The fraction of sp³-hybridized carbons (Fsp3) is 0.500. The quantitative estimate of drug-likeness (QED) is 0.257. The molecule has 0 bridgehead atoms. The summed E-state index contributed by atoms with van der Waals surface area (Å²) >= 11 is 1.54. The normalized spacial score (nSPS) is 17.3. The van der Waals surface area contributed by atoms with Crippen molar-refractivity contribution in [3.8, 4) is 0 Å². The first-order chi connectivity index (χ1) is 16.8. The highest BCUT2D eigenvalue weighted by atomic mass is 32.2. The number of fused-ring (bicyclic) bond motifs is 1. The molecule has 0 spiro atoms. The minimum atomic E-state index is -3.56. The molecule has 0 amide bonds. The van der Waals surface area contributed by atoms with Crippen LogP contribution in [0.5, 0.6) is 0 Å². The van der Waals surface area contributed by atoms with Crippen molar-refractivity contribution in [3.05, 3.63) is 53.3 Å². The van der Waals surface area contributed by atoms with Crippen LogP contribution in [0.25, 0.3) is 11.0 Å². The first-order valence-electron chi connectivity index (χ1n) is 12.3. The molecule has 1 aliphatic rings. The number of benzene rings is 2. The summed E-state index contributed by atoms with van der Waals surface area (Å²) in [7, 11) is -3.56. The van der Waals surface area contributed by atoms with Gasteiger partial charge in [-0.1, -0.05) is 24.8 Å². The van der Waals surface area contributed by atoms with Gasteiger partial charge in [-0.2, -0.15) is 4.31 Å². The summed E-state index contributed by atoms with van der Waals surface area (Å²) in [5.74, 6) is 0.689. The predicted molar refractivity (Wildman–Crippen MR) is 139 cm³/mol. The SMILES string of the molecule is CCOCCCn1c(SCc2cc(F)ccc2C)nc2cc(S(=O)(=O)N3CCCC(C)C3)ccc21. The Balaban J connectivity index is 1.64. The molecule has 2 aromatic carbocycles. The number of imidazole rings is 1. The second kappa shape index (κ2) is 11.4. The molecule has 6 nitrogen and oxygen atoms in total. The van der Waals surface area contributed by atoms with Gasteiger partial charge in [0.2, 0.25) is 10.0 Å². The second-order valence-electron chi connectivity index (χ2n) is 9.22. The molecule has 1 atom stereocenters. The third-order valence-electron chi connectivity index (χ3n) is 6.48. The number of piperidine rings is 1. The van der Waals surface area contributed by atoms with Crippen molar-refractivity contribution in [2.75, 3.05) is 26.3 Å². The number of aromatic nitrogens is 2. The Morgan fingerprint density at radius 1 is 1.23 bits per heavy atom. The van der Waals surface area contributed by atoms with E-state index in [-0.39, 0.29) is 10.7 Å². The van der Waals surface area contributed by atoms with Gasteiger partial charge in [-0.15, -0.1) is 0 Å². The van der Waals surface area contributed by atoms with Crippen molar-refractivity contribution >= 4 is 32.8 Å². The maximum absolute atomic E-state index is 13.8. The molecule has 2 heterocycles. The molecule has 0 radical (unpaired) electrons. The van der Waals surface area contributed by atoms with Crippen LogP contribution in [-0.4, -0.2) is 48.6 Å². The van der Waals surface area contributed by atoms with Gasteiger partial charge in [-0.05, 0) is 80.5 Å². The van der Waals surface area contributed by atoms with Crippen LogP contribution in [0.3, 0.4) is 0 Å². The largest absolute Gasteiger partial charge is 0.382 e. The summed E-state index contributed by atoms with van der Waals surface area (Å²) in [6.45, 7) is 9.17. The highest BCUT2D eigenvalue weighted by molar-refractivity contribution is 7.98. The van der Waals surface area contributed by atoms with E-state index in [0.717, 1.165) is 41.1 Å². The zero-order valence-electron chi connectivity index (χ0n) is 20.7. The van der Waals surface area contributed by atoms with E-state index in [0.29, 0.717) is 50.0 Å².